The van der Waals surface area contributed by atoms with Gasteiger partial charge in [-0.2, -0.15) is 4.31 Å². The van der Waals surface area contributed by atoms with Crippen LogP contribution in [0.1, 0.15) is 21.8 Å². The van der Waals surface area contributed by atoms with Crippen molar-refractivity contribution in [2.24, 2.45) is 0 Å². The predicted molar refractivity (Wildman–Crippen MR) is 87.8 cm³/mol. The van der Waals surface area contributed by atoms with Crippen molar-refractivity contribution < 1.29 is 17.7 Å². The van der Waals surface area contributed by atoms with E-state index in [0.717, 1.165) is 5.56 Å². The summed E-state index contributed by atoms with van der Waals surface area (Å²) >= 11 is 0. The highest BCUT2D eigenvalue weighted by Gasteiger charge is 2.30. The summed E-state index contributed by atoms with van der Waals surface area (Å²) in [6.07, 6.45) is 0. The molecule has 2 heterocycles. The van der Waals surface area contributed by atoms with Gasteiger partial charge >= 0.3 is 0 Å². The first kappa shape index (κ1) is 16.7. The number of carbonyl (C=O) groups excluding carboxylic acids is 1. The molecule has 1 aromatic heterocycles. The fourth-order valence-corrected chi connectivity index (χ4v) is 4.18. The summed E-state index contributed by atoms with van der Waals surface area (Å²) in [6, 6.07) is 10.7. The van der Waals surface area contributed by atoms with Gasteiger partial charge in [0, 0.05) is 32.2 Å². The summed E-state index contributed by atoms with van der Waals surface area (Å²) < 4.78 is 31.4. The van der Waals surface area contributed by atoms with Crippen LogP contribution in [0.15, 0.2) is 40.9 Å². The molecule has 3 rings (SSSR count). The zero-order valence-corrected chi connectivity index (χ0v) is 14.2. The van der Waals surface area contributed by atoms with Crippen LogP contribution in [0, 0.1) is 6.92 Å². The van der Waals surface area contributed by atoms with Gasteiger partial charge in [-0.15, -0.1) is 0 Å². The molecule has 1 amide bonds. The number of aryl methyl sites for hydroxylation is 1. The maximum absolute atomic E-state index is 12.5. The predicted octanol–water partition coefficient (Wildman–Crippen LogP) is 1.27. The molecule has 24 heavy (non-hydrogen) atoms. The van der Waals surface area contributed by atoms with Gasteiger partial charge in [-0.25, -0.2) is 8.42 Å². The minimum absolute atomic E-state index is 0.0247. The summed E-state index contributed by atoms with van der Waals surface area (Å²) in [5.41, 5.74) is 1.40. The SMILES string of the molecule is Cc1cc(C(=O)N2CCN(S(=O)(=O)Cc3ccccc3)CC2)on1. The maximum Gasteiger partial charge on any atom is 0.292 e. The normalized spacial score (nSPS) is 16.3. The molecule has 1 aliphatic rings. The standard InChI is InChI=1S/C16H19N3O4S/c1-13-11-15(23-17-13)16(20)18-7-9-19(10-8-18)24(21,22)12-14-5-3-2-4-6-14/h2-6,11H,7-10,12H2,1H3. The van der Waals surface area contributed by atoms with E-state index in [-0.39, 0.29) is 30.5 Å². The van der Waals surface area contributed by atoms with Crippen LogP contribution in [-0.2, 0) is 15.8 Å². The summed E-state index contributed by atoms with van der Waals surface area (Å²) in [7, 11) is -3.39. The third kappa shape index (κ3) is 3.65. The molecular weight excluding hydrogens is 330 g/mol. The molecule has 8 heteroatoms. The van der Waals surface area contributed by atoms with E-state index in [1.54, 1.807) is 30.0 Å². The van der Waals surface area contributed by atoms with Crippen molar-refractivity contribution in [3.05, 3.63) is 53.4 Å². The first-order valence-electron chi connectivity index (χ1n) is 7.70. The van der Waals surface area contributed by atoms with Crippen LogP contribution in [-0.4, -0.2) is 54.9 Å². The van der Waals surface area contributed by atoms with E-state index >= 15 is 0 Å². The van der Waals surface area contributed by atoms with Crippen LogP contribution in [0.25, 0.3) is 0 Å². The Morgan fingerprint density at radius 3 is 2.42 bits per heavy atom. The molecule has 1 aliphatic heterocycles. The molecule has 0 radical (unpaired) electrons. The smallest absolute Gasteiger partial charge is 0.292 e. The fraction of sp³-hybridized carbons (Fsp3) is 0.375. The topological polar surface area (TPSA) is 83.7 Å². The summed E-state index contributed by atoms with van der Waals surface area (Å²) in [5.74, 6) is -0.0906. The first-order chi connectivity index (χ1) is 11.5. The molecular formula is C16H19N3O4S. The van der Waals surface area contributed by atoms with E-state index in [0.29, 0.717) is 18.8 Å². The number of hydrogen-bond donors (Lipinski definition) is 0. The lowest BCUT2D eigenvalue weighted by atomic mass is 10.2. The molecule has 128 valence electrons. The van der Waals surface area contributed by atoms with Crippen LogP contribution >= 0.6 is 0 Å². The molecule has 0 atom stereocenters. The molecule has 0 unspecified atom stereocenters. The van der Waals surface area contributed by atoms with Gasteiger partial charge in [0.05, 0.1) is 11.4 Å². The van der Waals surface area contributed by atoms with Crippen molar-refractivity contribution in [2.45, 2.75) is 12.7 Å². The van der Waals surface area contributed by atoms with Crippen LogP contribution in [0.3, 0.4) is 0 Å². The number of nitrogens with zero attached hydrogens (tertiary/aromatic N) is 3. The lowest BCUT2D eigenvalue weighted by Crippen LogP contribution is -2.50. The van der Waals surface area contributed by atoms with Gasteiger partial charge in [0.1, 0.15) is 0 Å². The summed E-state index contributed by atoms with van der Waals surface area (Å²) in [4.78, 5) is 13.9. The number of piperazine rings is 1. The molecule has 0 saturated carbocycles. The number of benzene rings is 1. The van der Waals surface area contributed by atoms with Crippen molar-refractivity contribution >= 4 is 15.9 Å². The van der Waals surface area contributed by atoms with Crippen LogP contribution in [0.4, 0.5) is 0 Å². The number of rotatable bonds is 4. The van der Waals surface area contributed by atoms with Crippen molar-refractivity contribution in [1.29, 1.82) is 0 Å². The van der Waals surface area contributed by atoms with Gasteiger partial charge < -0.3 is 9.42 Å². The number of aromatic nitrogens is 1. The Morgan fingerprint density at radius 1 is 1.17 bits per heavy atom. The average molecular weight is 349 g/mol. The molecule has 1 fully saturated rings. The van der Waals surface area contributed by atoms with E-state index in [2.05, 4.69) is 5.16 Å². The van der Waals surface area contributed by atoms with E-state index in [4.69, 9.17) is 4.52 Å². The van der Waals surface area contributed by atoms with Gasteiger partial charge in [-0.3, -0.25) is 4.79 Å². The molecule has 0 bridgehead atoms. The quantitative estimate of drug-likeness (QED) is 0.830. The molecule has 7 nitrogen and oxygen atoms in total. The lowest BCUT2D eigenvalue weighted by Gasteiger charge is -2.33. The minimum Gasteiger partial charge on any atom is -0.351 e. The van der Waals surface area contributed by atoms with Gasteiger partial charge in [-0.05, 0) is 12.5 Å². The van der Waals surface area contributed by atoms with Crippen molar-refractivity contribution in [2.75, 3.05) is 26.2 Å². The Kier molecular flexibility index (Phi) is 4.68. The van der Waals surface area contributed by atoms with Crippen molar-refractivity contribution in [1.82, 2.24) is 14.4 Å². The lowest BCUT2D eigenvalue weighted by molar-refractivity contribution is 0.0656. The second-order valence-corrected chi connectivity index (χ2v) is 7.73. The summed E-state index contributed by atoms with van der Waals surface area (Å²) in [6.45, 7) is 3.00. The van der Waals surface area contributed by atoms with E-state index in [1.807, 2.05) is 18.2 Å². The highest BCUT2D eigenvalue weighted by atomic mass is 32.2. The van der Waals surface area contributed by atoms with Crippen LogP contribution < -0.4 is 0 Å². The molecule has 2 aromatic rings. The summed E-state index contributed by atoms with van der Waals surface area (Å²) in [5, 5.41) is 3.70. The van der Waals surface area contributed by atoms with Crippen molar-refractivity contribution in [3.63, 3.8) is 0 Å². The van der Waals surface area contributed by atoms with Gasteiger partial charge in [-0.1, -0.05) is 35.5 Å². The van der Waals surface area contributed by atoms with Gasteiger partial charge in [0.25, 0.3) is 5.91 Å². The Hall–Kier alpha value is -2.19. The largest absolute Gasteiger partial charge is 0.351 e. The van der Waals surface area contributed by atoms with Gasteiger partial charge in [0.2, 0.25) is 15.8 Å². The maximum atomic E-state index is 12.5. The minimum atomic E-state index is -3.39. The molecule has 0 aliphatic carbocycles. The second-order valence-electron chi connectivity index (χ2n) is 5.77. The number of sulfonamides is 1. The number of hydrogen-bond acceptors (Lipinski definition) is 5. The van der Waals surface area contributed by atoms with Crippen molar-refractivity contribution in [3.8, 4) is 0 Å². The number of carbonyl (C=O) groups is 1. The van der Waals surface area contributed by atoms with E-state index in [9.17, 15) is 13.2 Å². The van der Waals surface area contributed by atoms with Crippen LogP contribution in [0.5, 0.6) is 0 Å². The third-order valence-electron chi connectivity index (χ3n) is 3.95. The molecule has 0 N–H and O–H groups in total. The average Bonchev–Trinajstić information content (AvgIpc) is 3.01. The molecule has 1 aromatic carbocycles. The Labute approximate surface area is 140 Å². The highest BCUT2D eigenvalue weighted by Crippen LogP contribution is 2.15. The highest BCUT2D eigenvalue weighted by molar-refractivity contribution is 7.88. The Balaban J connectivity index is 1.61. The second kappa shape index (κ2) is 6.74. The molecule has 1 saturated heterocycles. The van der Waals surface area contributed by atoms with Gasteiger partial charge in [0.15, 0.2) is 0 Å². The van der Waals surface area contributed by atoms with E-state index < -0.39 is 10.0 Å². The van der Waals surface area contributed by atoms with Crippen LogP contribution in [0.2, 0.25) is 0 Å². The Morgan fingerprint density at radius 2 is 1.83 bits per heavy atom. The zero-order chi connectivity index (χ0) is 17.2. The Bertz CT molecular complexity index is 809. The fourth-order valence-electron chi connectivity index (χ4n) is 2.67. The molecule has 0 spiro atoms. The van der Waals surface area contributed by atoms with E-state index in [1.165, 1.54) is 4.31 Å². The zero-order valence-electron chi connectivity index (χ0n) is 13.4. The third-order valence-corrected chi connectivity index (χ3v) is 5.80. The first-order valence-corrected chi connectivity index (χ1v) is 9.31. The number of amides is 1. The monoisotopic (exact) mass is 349 g/mol.